The molecule has 2 aliphatic rings. The number of aliphatic hydroxyl groups excluding tert-OH is 1. The van der Waals surface area contributed by atoms with E-state index in [4.69, 9.17) is 0 Å². The molecule has 1 amide bonds. The summed E-state index contributed by atoms with van der Waals surface area (Å²) in [7, 11) is 0. The van der Waals surface area contributed by atoms with Crippen LogP contribution >= 0.6 is 0 Å². The second-order valence-corrected chi connectivity index (χ2v) is 5.67. The Balaban J connectivity index is 1.91. The van der Waals surface area contributed by atoms with Crippen LogP contribution < -0.4 is 10.6 Å². The van der Waals surface area contributed by atoms with Crippen LogP contribution in [-0.4, -0.2) is 35.7 Å². The number of hydrogen-bond acceptors (Lipinski definition) is 3. The van der Waals surface area contributed by atoms with E-state index < -0.39 is 5.54 Å². The van der Waals surface area contributed by atoms with Gasteiger partial charge in [0.15, 0.2) is 0 Å². The van der Waals surface area contributed by atoms with Crippen molar-refractivity contribution in [2.24, 2.45) is 5.92 Å². The maximum absolute atomic E-state index is 12.3. The Hall–Kier alpha value is -0.610. The highest BCUT2D eigenvalue weighted by Gasteiger charge is 2.37. The van der Waals surface area contributed by atoms with Crippen molar-refractivity contribution >= 4 is 5.91 Å². The highest BCUT2D eigenvalue weighted by molar-refractivity contribution is 5.86. The van der Waals surface area contributed by atoms with Crippen molar-refractivity contribution in [3.05, 3.63) is 0 Å². The fraction of sp³-hybridized carbons (Fsp3) is 0.923. The third-order valence-corrected chi connectivity index (χ3v) is 4.33. The fourth-order valence-corrected chi connectivity index (χ4v) is 3.02. The summed E-state index contributed by atoms with van der Waals surface area (Å²) in [5, 5.41) is 15.7. The van der Waals surface area contributed by atoms with Gasteiger partial charge in [-0.05, 0) is 45.6 Å². The van der Waals surface area contributed by atoms with E-state index >= 15 is 0 Å². The van der Waals surface area contributed by atoms with Crippen LogP contribution in [0.5, 0.6) is 0 Å². The Labute approximate surface area is 103 Å². The van der Waals surface area contributed by atoms with Crippen molar-refractivity contribution in [3.8, 4) is 0 Å². The van der Waals surface area contributed by atoms with Gasteiger partial charge in [-0.15, -0.1) is 0 Å². The van der Waals surface area contributed by atoms with Crippen LogP contribution in [0.3, 0.4) is 0 Å². The minimum Gasteiger partial charge on any atom is -0.396 e. The van der Waals surface area contributed by atoms with Gasteiger partial charge in [0, 0.05) is 18.6 Å². The number of piperidine rings is 1. The van der Waals surface area contributed by atoms with Crippen LogP contribution in [0.4, 0.5) is 0 Å². The molecule has 2 rings (SSSR count). The SMILES string of the molecule is CC1(C(=O)NC2CCCC2CO)CCCCN1. The molecule has 0 bridgehead atoms. The van der Waals surface area contributed by atoms with Gasteiger partial charge in [0.05, 0.1) is 5.54 Å². The first-order chi connectivity index (χ1) is 8.15. The maximum atomic E-state index is 12.3. The Bertz CT molecular complexity index is 275. The van der Waals surface area contributed by atoms with Crippen molar-refractivity contribution in [1.82, 2.24) is 10.6 Å². The van der Waals surface area contributed by atoms with Crippen LogP contribution in [0.25, 0.3) is 0 Å². The molecule has 1 aliphatic heterocycles. The van der Waals surface area contributed by atoms with E-state index in [9.17, 15) is 9.90 Å². The number of aliphatic hydroxyl groups is 1. The zero-order valence-electron chi connectivity index (χ0n) is 10.7. The molecule has 4 nitrogen and oxygen atoms in total. The van der Waals surface area contributed by atoms with Crippen LogP contribution in [0, 0.1) is 5.92 Å². The summed E-state index contributed by atoms with van der Waals surface area (Å²) in [6.45, 7) is 3.11. The normalized spacial score (nSPS) is 38.0. The number of hydrogen-bond donors (Lipinski definition) is 3. The van der Waals surface area contributed by atoms with E-state index in [0.29, 0.717) is 0 Å². The molecule has 0 radical (unpaired) electrons. The van der Waals surface area contributed by atoms with E-state index in [1.54, 1.807) is 0 Å². The van der Waals surface area contributed by atoms with Gasteiger partial charge in [-0.25, -0.2) is 0 Å². The molecule has 1 saturated heterocycles. The first-order valence-corrected chi connectivity index (χ1v) is 6.82. The molecule has 1 saturated carbocycles. The Morgan fingerprint density at radius 3 is 2.88 bits per heavy atom. The zero-order chi connectivity index (χ0) is 12.3. The maximum Gasteiger partial charge on any atom is 0.240 e. The first-order valence-electron chi connectivity index (χ1n) is 6.82. The van der Waals surface area contributed by atoms with Gasteiger partial charge in [0.1, 0.15) is 0 Å². The van der Waals surface area contributed by atoms with Crippen LogP contribution in [-0.2, 0) is 4.79 Å². The van der Waals surface area contributed by atoms with Crippen molar-refractivity contribution in [2.75, 3.05) is 13.2 Å². The van der Waals surface area contributed by atoms with E-state index in [1.807, 2.05) is 6.92 Å². The van der Waals surface area contributed by atoms with Crippen molar-refractivity contribution < 1.29 is 9.90 Å². The predicted octanol–water partition coefficient (Wildman–Crippen LogP) is 0.796. The molecule has 0 aromatic heterocycles. The number of carbonyl (C=O) groups is 1. The molecule has 1 heterocycles. The Kier molecular flexibility index (Phi) is 4.05. The van der Waals surface area contributed by atoms with Crippen LogP contribution in [0.15, 0.2) is 0 Å². The quantitative estimate of drug-likeness (QED) is 0.683. The molecule has 1 aliphatic carbocycles. The number of nitrogens with one attached hydrogen (secondary N) is 2. The van der Waals surface area contributed by atoms with E-state index in [-0.39, 0.29) is 24.5 Å². The highest BCUT2D eigenvalue weighted by atomic mass is 16.3. The van der Waals surface area contributed by atoms with Gasteiger partial charge in [0.2, 0.25) is 5.91 Å². The number of rotatable bonds is 3. The molecule has 0 aromatic rings. The number of carbonyl (C=O) groups excluding carboxylic acids is 1. The molecule has 3 N–H and O–H groups in total. The average Bonchev–Trinajstić information content (AvgIpc) is 2.77. The topological polar surface area (TPSA) is 61.4 Å². The fourth-order valence-electron chi connectivity index (χ4n) is 3.02. The molecule has 3 atom stereocenters. The van der Waals surface area contributed by atoms with E-state index in [1.165, 1.54) is 0 Å². The lowest BCUT2D eigenvalue weighted by Crippen LogP contribution is -2.59. The molecule has 0 aromatic carbocycles. The van der Waals surface area contributed by atoms with Crippen LogP contribution in [0.1, 0.15) is 45.4 Å². The van der Waals surface area contributed by atoms with Gasteiger partial charge >= 0.3 is 0 Å². The van der Waals surface area contributed by atoms with E-state index in [0.717, 1.165) is 45.1 Å². The van der Waals surface area contributed by atoms with Gasteiger partial charge in [-0.1, -0.05) is 6.42 Å². The molecule has 3 unspecified atom stereocenters. The van der Waals surface area contributed by atoms with Crippen molar-refractivity contribution in [2.45, 2.75) is 57.0 Å². The predicted molar refractivity (Wildman–Crippen MR) is 66.6 cm³/mol. The second-order valence-electron chi connectivity index (χ2n) is 5.67. The summed E-state index contributed by atoms with van der Waals surface area (Å²) in [6, 6.07) is 0.174. The smallest absolute Gasteiger partial charge is 0.240 e. The zero-order valence-corrected chi connectivity index (χ0v) is 10.7. The third-order valence-electron chi connectivity index (χ3n) is 4.33. The highest BCUT2D eigenvalue weighted by Crippen LogP contribution is 2.26. The van der Waals surface area contributed by atoms with Gasteiger partial charge in [0.25, 0.3) is 0 Å². The van der Waals surface area contributed by atoms with Crippen molar-refractivity contribution in [1.29, 1.82) is 0 Å². The van der Waals surface area contributed by atoms with Gasteiger partial charge in [-0.2, -0.15) is 0 Å². The number of amides is 1. The minimum atomic E-state index is -0.402. The monoisotopic (exact) mass is 240 g/mol. The minimum absolute atomic E-state index is 0.113. The summed E-state index contributed by atoms with van der Waals surface area (Å²) in [5.41, 5.74) is -0.402. The molecule has 98 valence electrons. The largest absolute Gasteiger partial charge is 0.396 e. The Morgan fingerprint density at radius 1 is 1.41 bits per heavy atom. The van der Waals surface area contributed by atoms with E-state index in [2.05, 4.69) is 10.6 Å². The summed E-state index contributed by atoms with van der Waals surface area (Å²) in [4.78, 5) is 12.3. The lowest BCUT2D eigenvalue weighted by molar-refractivity contribution is -0.129. The lowest BCUT2D eigenvalue weighted by Gasteiger charge is -2.35. The summed E-state index contributed by atoms with van der Waals surface area (Å²) < 4.78 is 0. The molecule has 2 fully saturated rings. The van der Waals surface area contributed by atoms with Gasteiger partial charge < -0.3 is 15.7 Å². The molecule has 17 heavy (non-hydrogen) atoms. The standard InChI is InChI=1S/C13H24N2O2/c1-13(7-2-3-8-14-13)12(17)15-11-6-4-5-10(11)9-16/h10-11,14,16H,2-9H2,1H3,(H,15,17). The summed E-state index contributed by atoms with van der Waals surface area (Å²) >= 11 is 0. The summed E-state index contributed by atoms with van der Waals surface area (Å²) in [6.07, 6.45) is 6.34. The molecule has 4 heteroatoms. The van der Waals surface area contributed by atoms with Crippen LogP contribution in [0.2, 0.25) is 0 Å². The second kappa shape index (κ2) is 5.36. The molecular weight excluding hydrogens is 216 g/mol. The Morgan fingerprint density at radius 2 is 2.24 bits per heavy atom. The summed E-state index contributed by atoms with van der Waals surface area (Å²) in [5.74, 6) is 0.369. The van der Waals surface area contributed by atoms with Gasteiger partial charge in [-0.3, -0.25) is 4.79 Å². The average molecular weight is 240 g/mol. The molecular formula is C13H24N2O2. The van der Waals surface area contributed by atoms with Crippen molar-refractivity contribution in [3.63, 3.8) is 0 Å². The molecule has 0 spiro atoms. The lowest BCUT2D eigenvalue weighted by atomic mass is 9.89. The third kappa shape index (κ3) is 2.80. The first kappa shape index (κ1) is 12.8.